The first-order chi connectivity index (χ1) is 29.3. The predicted molar refractivity (Wildman–Crippen MR) is 248 cm³/mol. The van der Waals surface area contributed by atoms with Crippen LogP contribution in [0.2, 0.25) is 0 Å². The highest BCUT2D eigenvalue weighted by Gasteiger charge is 2.27. The lowest BCUT2D eigenvalue weighted by Crippen LogP contribution is -1.93. The Morgan fingerprint density at radius 1 is 0.339 bits per heavy atom. The van der Waals surface area contributed by atoms with Crippen LogP contribution >= 0.6 is 0 Å². The van der Waals surface area contributed by atoms with Gasteiger partial charge in [0.25, 0.3) is 0 Å². The van der Waals surface area contributed by atoms with Gasteiger partial charge in [0.1, 0.15) is 5.65 Å². The molecule has 0 radical (unpaired) electrons. The molecular formula is C55H30N4. The van der Waals surface area contributed by atoms with Crippen molar-refractivity contribution in [2.24, 2.45) is 0 Å². The van der Waals surface area contributed by atoms with Gasteiger partial charge in [-0.15, -0.1) is 0 Å². The predicted octanol–water partition coefficient (Wildman–Crippen LogP) is 14.5. The molecule has 0 bridgehead atoms. The van der Waals surface area contributed by atoms with E-state index in [-0.39, 0.29) is 0 Å². The lowest BCUT2D eigenvalue weighted by molar-refractivity contribution is 1.18. The molecule has 0 N–H and O–H groups in total. The zero-order valence-corrected chi connectivity index (χ0v) is 31.6. The largest absolute Gasteiger partial charge is 0.309 e. The van der Waals surface area contributed by atoms with Crippen molar-refractivity contribution in [3.8, 4) is 16.8 Å². The first-order valence-electron chi connectivity index (χ1n) is 20.4. The molecule has 0 unspecified atom stereocenters. The number of hydrogen-bond donors (Lipinski definition) is 0. The molecule has 0 aliphatic carbocycles. The molecule has 0 amide bonds. The summed E-state index contributed by atoms with van der Waals surface area (Å²) in [5.74, 6) is 0. The van der Waals surface area contributed by atoms with Crippen molar-refractivity contribution in [3.63, 3.8) is 0 Å². The van der Waals surface area contributed by atoms with Crippen molar-refractivity contribution in [2.75, 3.05) is 0 Å². The van der Waals surface area contributed by atoms with Gasteiger partial charge in [-0.1, -0.05) is 127 Å². The highest BCUT2D eigenvalue weighted by molar-refractivity contribution is 6.36. The molecule has 0 saturated heterocycles. The molecule has 6 aromatic heterocycles. The lowest BCUT2D eigenvalue weighted by Gasteiger charge is -2.12. The zero-order chi connectivity index (χ0) is 38.1. The molecule has 15 rings (SSSR count). The summed E-state index contributed by atoms with van der Waals surface area (Å²) < 4.78 is 7.37. The first-order valence-corrected chi connectivity index (χ1v) is 20.4. The summed E-state index contributed by atoms with van der Waals surface area (Å²) in [6, 6.07) is 65.0. The third kappa shape index (κ3) is 3.60. The molecule has 4 nitrogen and oxygen atoms in total. The molecule has 6 heterocycles. The van der Waals surface area contributed by atoms with Crippen molar-refractivity contribution < 1.29 is 0 Å². The van der Waals surface area contributed by atoms with Crippen LogP contribution in [-0.2, 0) is 0 Å². The highest BCUT2D eigenvalue weighted by atomic mass is 15.0. The third-order valence-corrected chi connectivity index (χ3v) is 13.5. The average molecular weight is 747 g/mol. The lowest BCUT2D eigenvalue weighted by atomic mass is 9.93. The molecule has 9 aromatic carbocycles. The van der Waals surface area contributed by atoms with Crippen molar-refractivity contribution in [1.82, 2.24) is 18.4 Å². The van der Waals surface area contributed by atoms with E-state index in [2.05, 4.69) is 195 Å². The van der Waals surface area contributed by atoms with Gasteiger partial charge in [-0.3, -0.25) is 4.40 Å². The maximum Gasteiger partial charge on any atom is 0.146 e. The highest BCUT2D eigenvalue weighted by Crippen LogP contribution is 2.49. The minimum absolute atomic E-state index is 1.01. The summed E-state index contributed by atoms with van der Waals surface area (Å²) in [6.07, 6.45) is 2.15. The fourth-order valence-electron chi connectivity index (χ4n) is 11.1. The zero-order valence-electron chi connectivity index (χ0n) is 31.6. The molecule has 0 fully saturated rings. The smallest absolute Gasteiger partial charge is 0.146 e. The molecule has 270 valence electrons. The van der Waals surface area contributed by atoms with Crippen molar-refractivity contribution in [2.45, 2.75) is 0 Å². The van der Waals surface area contributed by atoms with Gasteiger partial charge in [0.2, 0.25) is 0 Å². The van der Waals surface area contributed by atoms with Gasteiger partial charge in [0.15, 0.2) is 0 Å². The summed E-state index contributed by atoms with van der Waals surface area (Å²) in [6.45, 7) is 0. The summed E-state index contributed by atoms with van der Waals surface area (Å²) in [7, 11) is 0. The quantitative estimate of drug-likeness (QED) is 0.173. The Morgan fingerprint density at radius 3 is 1.80 bits per heavy atom. The number of aromatic nitrogens is 4. The fraction of sp³-hybridized carbons (Fsp3) is 0. The minimum atomic E-state index is 1.01. The Labute approximate surface area is 335 Å². The van der Waals surface area contributed by atoms with E-state index in [0.29, 0.717) is 0 Å². The number of pyridine rings is 1. The summed E-state index contributed by atoms with van der Waals surface area (Å²) in [4.78, 5) is 5.44. The maximum absolute atomic E-state index is 5.44. The van der Waals surface area contributed by atoms with E-state index in [4.69, 9.17) is 4.98 Å². The number of rotatable bonds is 2. The van der Waals surface area contributed by atoms with Gasteiger partial charge in [-0.25, -0.2) is 4.98 Å². The second-order valence-electron chi connectivity index (χ2n) is 16.3. The van der Waals surface area contributed by atoms with Crippen LogP contribution in [0.4, 0.5) is 0 Å². The van der Waals surface area contributed by atoms with E-state index >= 15 is 0 Å². The average Bonchev–Trinajstić information content (AvgIpc) is 4.08. The molecule has 0 aliphatic heterocycles. The molecule has 4 heteroatoms. The van der Waals surface area contributed by atoms with Crippen LogP contribution in [0.15, 0.2) is 182 Å². The molecule has 0 atom stereocenters. The number of benzene rings is 9. The Bertz CT molecular complexity index is 4300. The fourth-order valence-corrected chi connectivity index (χ4v) is 11.1. The second-order valence-corrected chi connectivity index (χ2v) is 16.3. The summed E-state index contributed by atoms with van der Waals surface area (Å²) >= 11 is 0. The molecule has 59 heavy (non-hydrogen) atoms. The number of fused-ring (bicyclic) bond motifs is 18. The number of hydrogen-bond acceptors (Lipinski definition) is 1. The van der Waals surface area contributed by atoms with Crippen molar-refractivity contribution in [3.05, 3.63) is 182 Å². The Hall–Kier alpha value is -7.95. The van der Waals surface area contributed by atoms with E-state index in [1.807, 2.05) is 0 Å². The standard InChI is InChI=1S/C55H30N4/c1-2-15-35(16-3-1)57-45-23-9-8-18-37(45)42-28-34(24-25-46(42)57)49-36-17-7-6-14-33(36)27-44-39-20-11-21-40-50-48(58(52(39)40)54(44)49)30-56-55-51(50)41-22-10-19-38-43-26-31-12-4-5-13-32(31)29-47(43)59(55)53(38)41/h1-30H. The Balaban J connectivity index is 1.11. The van der Waals surface area contributed by atoms with Gasteiger partial charge >= 0.3 is 0 Å². The van der Waals surface area contributed by atoms with Crippen LogP contribution < -0.4 is 0 Å². The molecule has 15 aromatic rings. The summed E-state index contributed by atoms with van der Waals surface area (Å²) in [5, 5.41) is 17.6. The Kier molecular flexibility index (Phi) is 5.38. The van der Waals surface area contributed by atoms with Gasteiger partial charge in [-0.05, 0) is 75.6 Å². The van der Waals surface area contributed by atoms with E-state index in [9.17, 15) is 0 Å². The molecular weight excluding hydrogens is 717 g/mol. The molecule has 0 aliphatic rings. The van der Waals surface area contributed by atoms with Crippen LogP contribution in [0.3, 0.4) is 0 Å². The van der Waals surface area contributed by atoms with E-state index in [1.54, 1.807) is 0 Å². The van der Waals surface area contributed by atoms with Crippen molar-refractivity contribution >= 4 is 120 Å². The topological polar surface area (TPSA) is 26.6 Å². The van der Waals surface area contributed by atoms with Gasteiger partial charge in [0, 0.05) is 65.1 Å². The van der Waals surface area contributed by atoms with Crippen LogP contribution in [0.5, 0.6) is 0 Å². The normalized spacial score (nSPS) is 12.7. The van der Waals surface area contributed by atoms with Crippen LogP contribution in [-0.4, -0.2) is 18.4 Å². The van der Waals surface area contributed by atoms with E-state index in [0.717, 1.165) is 16.9 Å². The van der Waals surface area contributed by atoms with Gasteiger partial charge < -0.3 is 8.97 Å². The molecule has 0 spiro atoms. The number of nitrogens with zero attached hydrogens (tertiary/aromatic N) is 4. The SMILES string of the molecule is c1ccc(-n2c3ccccc3c3cc(-c4c5ccccc5cc5c6cccc7c8c9c%10cccc%11c%12cc%13ccccc%13cc%12n(c9ncc8n(c45)c67)c%11%10)ccc32)cc1. The van der Waals surface area contributed by atoms with Gasteiger partial charge in [-0.2, -0.15) is 0 Å². The van der Waals surface area contributed by atoms with Crippen LogP contribution in [0, 0.1) is 0 Å². The Morgan fingerprint density at radius 2 is 0.949 bits per heavy atom. The summed E-state index contributed by atoms with van der Waals surface area (Å²) in [5.41, 5.74) is 13.1. The van der Waals surface area contributed by atoms with Gasteiger partial charge in [0.05, 0.1) is 44.8 Å². The maximum atomic E-state index is 5.44. The first kappa shape index (κ1) is 30.2. The van der Waals surface area contributed by atoms with E-state index < -0.39 is 0 Å². The van der Waals surface area contributed by atoms with E-state index in [1.165, 1.54) is 120 Å². The minimum Gasteiger partial charge on any atom is -0.309 e. The number of para-hydroxylation sites is 4. The van der Waals surface area contributed by atoms with Crippen molar-refractivity contribution in [1.29, 1.82) is 0 Å². The monoisotopic (exact) mass is 746 g/mol. The second kappa shape index (κ2) is 10.5. The van der Waals surface area contributed by atoms with Crippen LogP contribution in [0.1, 0.15) is 0 Å². The molecule has 0 saturated carbocycles. The van der Waals surface area contributed by atoms with Crippen LogP contribution in [0.25, 0.3) is 136 Å². The third-order valence-electron chi connectivity index (χ3n) is 13.5.